The first kappa shape index (κ1) is 12.0. The van der Waals surface area contributed by atoms with Gasteiger partial charge in [-0.15, -0.1) is 0 Å². The smallest absolute Gasteiger partial charge is 0.242 e. The summed E-state index contributed by atoms with van der Waals surface area (Å²) in [4.78, 5) is 4.06. The lowest BCUT2D eigenvalue weighted by atomic mass is 10.2. The van der Waals surface area contributed by atoms with Crippen LogP contribution in [-0.2, 0) is 10.0 Å². The largest absolute Gasteiger partial charge is 0.262 e. The highest BCUT2D eigenvalue weighted by Gasteiger charge is 2.31. The van der Waals surface area contributed by atoms with Crippen LogP contribution in [0.15, 0.2) is 27.8 Å². The Kier molecular flexibility index (Phi) is 3.32. The Morgan fingerprint density at radius 1 is 1.50 bits per heavy atom. The molecule has 1 saturated carbocycles. The van der Waals surface area contributed by atoms with Crippen LogP contribution in [0.2, 0.25) is 0 Å². The molecule has 0 aliphatic heterocycles. The number of rotatable bonds is 4. The molecular weight excluding hydrogens is 292 g/mol. The first-order chi connectivity index (χ1) is 7.49. The molecule has 0 amide bonds. The zero-order valence-corrected chi connectivity index (χ0v) is 11.3. The zero-order valence-electron chi connectivity index (χ0n) is 8.85. The molecule has 88 valence electrons. The molecule has 1 atom stereocenters. The van der Waals surface area contributed by atoms with Crippen molar-refractivity contribution in [3.8, 4) is 0 Å². The number of hydrogen-bond donors (Lipinski definition) is 1. The van der Waals surface area contributed by atoms with Crippen molar-refractivity contribution in [2.24, 2.45) is 5.92 Å². The molecule has 1 aliphatic rings. The molecule has 0 aromatic carbocycles. The standard InChI is InChI=1S/C10H13BrN2O2S/c1-7(8-2-3-8)13-16(14,15)10-4-9(11)5-12-6-10/h4-8,13H,2-3H2,1H3. The van der Waals surface area contributed by atoms with Gasteiger partial charge in [0, 0.05) is 22.9 Å². The number of pyridine rings is 1. The summed E-state index contributed by atoms with van der Waals surface area (Å²) in [5.74, 6) is 0.495. The molecule has 0 bridgehead atoms. The number of sulfonamides is 1. The van der Waals surface area contributed by atoms with Gasteiger partial charge in [0.05, 0.1) is 0 Å². The monoisotopic (exact) mass is 304 g/mol. The number of nitrogens with one attached hydrogen (secondary N) is 1. The maximum Gasteiger partial charge on any atom is 0.242 e. The normalized spacial score (nSPS) is 18.4. The molecule has 2 rings (SSSR count). The molecule has 1 aromatic rings. The zero-order chi connectivity index (χ0) is 11.8. The van der Waals surface area contributed by atoms with Crippen LogP contribution >= 0.6 is 15.9 Å². The first-order valence-corrected chi connectivity index (χ1v) is 7.39. The van der Waals surface area contributed by atoms with Crippen molar-refractivity contribution in [2.75, 3.05) is 0 Å². The molecule has 0 radical (unpaired) electrons. The summed E-state index contributed by atoms with van der Waals surface area (Å²) in [7, 11) is -3.43. The van der Waals surface area contributed by atoms with Crippen LogP contribution < -0.4 is 4.72 Å². The van der Waals surface area contributed by atoms with E-state index in [0.29, 0.717) is 10.4 Å². The predicted molar refractivity (Wildman–Crippen MR) is 64.4 cm³/mol. The van der Waals surface area contributed by atoms with Gasteiger partial charge in [-0.2, -0.15) is 0 Å². The molecule has 1 N–H and O–H groups in total. The summed E-state index contributed by atoms with van der Waals surface area (Å²) in [5.41, 5.74) is 0. The van der Waals surface area contributed by atoms with Crippen LogP contribution in [-0.4, -0.2) is 19.4 Å². The lowest BCUT2D eigenvalue weighted by Crippen LogP contribution is -2.34. The molecule has 1 aromatic heterocycles. The second-order valence-corrected chi connectivity index (χ2v) is 6.72. The number of aromatic nitrogens is 1. The molecule has 1 fully saturated rings. The van der Waals surface area contributed by atoms with E-state index in [9.17, 15) is 8.42 Å². The number of hydrogen-bond acceptors (Lipinski definition) is 3. The Morgan fingerprint density at radius 2 is 2.19 bits per heavy atom. The minimum Gasteiger partial charge on any atom is -0.262 e. The lowest BCUT2D eigenvalue weighted by Gasteiger charge is -2.12. The van der Waals surface area contributed by atoms with E-state index in [0.717, 1.165) is 12.8 Å². The summed E-state index contributed by atoms with van der Waals surface area (Å²) in [5, 5.41) is 0. The minimum atomic E-state index is -3.43. The summed E-state index contributed by atoms with van der Waals surface area (Å²) in [6, 6.07) is 1.55. The molecule has 0 spiro atoms. The lowest BCUT2D eigenvalue weighted by molar-refractivity contribution is 0.538. The van der Waals surface area contributed by atoms with Crippen molar-refractivity contribution in [1.29, 1.82) is 0 Å². The van der Waals surface area contributed by atoms with E-state index in [1.54, 1.807) is 12.3 Å². The Morgan fingerprint density at radius 3 is 2.75 bits per heavy atom. The molecule has 16 heavy (non-hydrogen) atoms. The van der Waals surface area contributed by atoms with Crippen LogP contribution in [0.3, 0.4) is 0 Å². The van der Waals surface area contributed by atoms with Gasteiger partial charge in [0.1, 0.15) is 4.90 Å². The van der Waals surface area contributed by atoms with Crippen molar-refractivity contribution in [3.63, 3.8) is 0 Å². The van der Waals surface area contributed by atoms with Crippen LogP contribution in [0, 0.1) is 5.92 Å². The Balaban J connectivity index is 2.17. The fourth-order valence-electron chi connectivity index (χ4n) is 1.54. The molecule has 1 unspecified atom stereocenters. The van der Waals surface area contributed by atoms with Crippen molar-refractivity contribution in [1.82, 2.24) is 9.71 Å². The Hall–Kier alpha value is -0.460. The van der Waals surface area contributed by atoms with E-state index in [1.165, 1.54) is 6.20 Å². The minimum absolute atomic E-state index is 0.00369. The summed E-state index contributed by atoms with van der Waals surface area (Å²) < 4.78 is 27.2. The summed E-state index contributed by atoms with van der Waals surface area (Å²) in [6.45, 7) is 1.90. The van der Waals surface area contributed by atoms with Gasteiger partial charge in [-0.1, -0.05) is 0 Å². The van der Waals surface area contributed by atoms with Crippen molar-refractivity contribution in [2.45, 2.75) is 30.7 Å². The molecular formula is C10H13BrN2O2S. The van der Waals surface area contributed by atoms with Gasteiger partial charge in [0.15, 0.2) is 0 Å². The fraction of sp³-hybridized carbons (Fsp3) is 0.500. The van der Waals surface area contributed by atoms with Crippen LogP contribution in [0.4, 0.5) is 0 Å². The van der Waals surface area contributed by atoms with Gasteiger partial charge in [-0.05, 0) is 47.7 Å². The molecule has 4 nitrogen and oxygen atoms in total. The van der Waals surface area contributed by atoms with Crippen LogP contribution in [0.25, 0.3) is 0 Å². The maximum atomic E-state index is 12.0. The van der Waals surface area contributed by atoms with Gasteiger partial charge in [0.2, 0.25) is 10.0 Å². The summed E-state index contributed by atoms with van der Waals surface area (Å²) >= 11 is 3.21. The highest BCUT2D eigenvalue weighted by Crippen LogP contribution is 2.33. The predicted octanol–water partition coefficient (Wildman–Crippen LogP) is 1.92. The molecule has 6 heteroatoms. The summed E-state index contributed by atoms with van der Waals surface area (Å²) in [6.07, 6.45) is 5.14. The van der Waals surface area contributed by atoms with Gasteiger partial charge in [-0.3, -0.25) is 4.98 Å². The number of halogens is 1. The third kappa shape index (κ3) is 2.81. The second kappa shape index (κ2) is 4.43. The molecule has 1 heterocycles. The van der Waals surface area contributed by atoms with Gasteiger partial charge >= 0.3 is 0 Å². The average Bonchev–Trinajstić information content (AvgIpc) is 3.00. The van der Waals surface area contributed by atoms with E-state index >= 15 is 0 Å². The van der Waals surface area contributed by atoms with E-state index in [-0.39, 0.29) is 10.9 Å². The average molecular weight is 305 g/mol. The second-order valence-electron chi connectivity index (χ2n) is 4.09. The van der Waals surface area contributed by atoms with Crippen molar-refractivity contribution >= 4 is 26.0 Å². The van der Waals surface area contributed by atoms with Crippen LogP contribution in [0.1, 0.15) is 19.8 Å². The highest BCUT2D eigenvalue weighted by atomic mass is 79.9. The van der Waals surface area contributed by atoms with E-state index in [1.807, 2.05) is 6.92 Å². The molecule has 1 aliphatic carbocycles. The van der Waals surface area contributed by atoms with E-state index in [4.69, 9.17) is 0 Å². The third-order valence-electron chi connectivity index (χ3n) is 2.66. The molecule has 0 saturated heterocycles. The Labute approximate surface area is 104 Å². The SMILES string of the molecule is CC(NS(=O)(=O)c1cncc(Br)c1)C1CC1. The maximum absolute atomic E-state index is 12.0. The van der Waals surface area contributed by atoms with Gasteiger partial charge < -0.3 is 0 Å². The first-order valence-electron chi connectivity index (χ1n) is 5.12. The van der Waals surface area contributed by atoms with E-state index in [2.05, 4.69) is 25.6 Å². The third-order valence-corrected chi connectivity index (χ3v) is 4.62. The Bertz CT molecular complexity index is 485. The van der Waals surface area contributed by atoms with Crippen molar-refractivity contribution < 1.29 is 8.42 Å². The topological polar surface area (TPSA) is 59.1 Å². The van der Waals surface area contributed by atoms with Crippen molar-refractivity contribution in [3.05, 3.63) is 22.9 Å². The quantitative estimate of drug-likeness (QED) is 0.924. The van der Waals surface area contributed by atoms with Crippen LogP contribution in [0.5, 0.6) is 0 Å². The highest BCUT2D eigenvalue weighted by molar-refractivity contribution is 9.10. The van der Waals surface area contributed by atoms with E-state index < -0.39 is 10.0 Å². The van der Waals surface area contributed by atoms with Gasteiger partial charge in [-0.25, -0.2) is 13.1 Å². The fourth-order valence-corrected chi connectivity index (χ4v) is 3.36. The van der Waals surface area contributed by atoms with Gasteiger partial charge in [0.25, 0.3) is 0 Å². The number of nitrogens with zero attached hydrogens (tertiary/aromatic N) is 1.